The Morgan fingerprint density at radius 1 is 0.500 bits per heavy atom. The van der Waals surface area contributed by atoms with Gasteiger partial charge in [0.15, 0.2) is 0 Å². The van der Waals surface area contributed by atoms with Gasteiger partial charge in [-0.3, -0.25) is 0 Å². The van der Waals surface area contributed by atoms with Gasteiger partial charge in [-0.25, -0.2) is 9.97 Å². The van der Waals surface area contributed by atoms with Crippen molar-refractivity contribution < 1.29 is 74.6 Å². The number of rotatable bonds is 7. The van der Waals surface area contributed by atoms with Gasteiger partial charge >= 0.3 is 47.6 Å². The maximum absolute atomic E-state index is 14.6. The molecule has 0 aliphatic carbocycles. The Morgan fingerprint density at radius 2 is 0.816 bits per heavy atom. The highest BCUT2D eigenvalue weighted by Gasteiger charge is 2.95. The molecule has 20 heteroatoms. The van der Waals surface area contributed by atoms with E-state index in [9.17, 15) is 74.6 Å². The minimum absolute atomic E-state index is 0.221. The van der Waals surface area contributed by atoms with E-state index in [-0.39, 0.29) is 11.1 Å². The number of fused-ring (bicyclic) bond motifs is 1. The van der Waals surface area contributed by atoms with Crippen molar-refractivity contribution in [2.75, 3.05) is 0 Å². The monoisotopic (exact) mass is 702 g/mol. The largest absolute Gasteiger partial charge is 0.460 e. The fourth-order valence-corrected chi connectivity index (χ4v) is 3.52. The molecular formula is C18H8F17IN2. The van der Waals surface area contributed by atoms with Crippen molar-refractivity contribution in [2.45, 2.75) is 61.5 Å². The Bertz CT molecular complexity index is 1240. The average Bonchev–Trinajstić information content (AvgIpc) is 2.72. The summed E-state index contributed by atoms with van der Waals surface area (Å²) >= 11 is 0.680. The molecule has 2 rings (SSSR count). The quantitative estimate of drug-likeness (QED) is 0.215. The minimum Gasteiger partial charge on any atom is -0.242 e. The molecule has 0 aliphatic heterocycles. The fraction of sp³-hybridized carbons (Fsp3) is 0.556. The van der Waals surface area contributed by atoms with Crippen LogP contribution in [0.25, 0.3) is 11.0 Å². The predicted octanol–water partition coefficient (Wildman–Crippen LogP) is 8.32. The van der Waals surface area contributed by atoms with Crippen molar-refractivity contribution >= 4 is 33.6 Å². The summed E-state index contributed by atoms with van der Waals surface area (Å²) in [4.78, 5) is 6.25. The first-order valence-corrected chi connectivity index (χ1v) is 10.3. The Balaban J connectivity index is 2.76. The van der Waals surface area contributed by atoms with Gasteiger partial charge < -0.3 is 0 Å². The number of benzene rings is 1. The maximum atomic E-state index is 14.6. The highest BCUT2D eigenvalue weighted by molar-refractivity contribution is 14.1. The van der Waals surface area contributed by atoms with Gasteiger partial charge in [0.25, 0.3) is 0 Å². The van der Waals surface area contributed by atoms with Crippen molar-refractivity contribution in [1.82, 2.24) is 9.97 Å². The highest BCUT2D eigenvalue weighted by Crippen LogP contribution is 2.65. The molecule has 0 N–H and O–H groups in total. The summed E-state index contributed by atoms with van der Waals surface area (Å²) in [6, 6.07) is 2.01. The summed E-state index contributed by atoms with van der Waals surface area (Å²) in [5.74, 6) is -57.1. The molecule has 0 amide bonds. The number of aryl methyl sites for hydroxylation is 2. The molecule has 0 radical (unpaired) electrons. The van der Waals surface area contributed by atoms with Crippen LogP contribution in [0.2, 0.25) is 0 Å². The molecule has 0 spiro atoms. The Hall–Kier alpha value is -1.90. The van der Waals surface area contributed by atoms with Crippen LogP contribution in [0.3, 0.4) is 0 Å². The van der Waals surface area contributed by atoms with E-state index in [0.717, 1.165) is 12.1 Å². The molecule has 216 valence electrons. The normalized spacial score (nSPS) is 15.4. The average molecular weight is 702 g/mol. The number of hydrogen-bond donors (Lipinski definition) is 0. The third kappa shape index (κ3) is 4.13. The second-order valence-corrected chi connectivity index (χ2v) is 8.83. The van der Waals surface area contributed by atoms with E-state index in [1.165, 1.54) is 13.8 Å². The summed E-state index contributed by atoms with van der Waals surface area (Å²) in [6.45, 7) is 2.76. The molecule has 0 saturated heterocycles. The molecular weight excluding hydrogens is 694 g/mol. The lowest BCUT2D eigenvalue weighted by molar-refractivity contribution is -0.463. The van der Waals surface area contributed by atoms with Gasteiger partial charge in [-0.2, -0.15) is 74.6 Å². The second-order valence-electron chi connectivity index (χ2n) is 7.81. The summed E-state index contributed by atoms with van der Waals surface area (Å²) in [7, 11) is 0. The summed E-state index contributed by atoms with van der Waals surface area (Å²) in [6.07, 6.45) is -7.80. The Labute approximate surface area is 212 Å². The van der Waals surface area contributed by atoms with Crippen molar-refractivity contribution in [3.8, 4) is 0 Å². The van der Waals surface area contributed by atoms with E-state index < -0.39 is 62.5 Å². The van der Waals surface area contributed by atoms with Gasteiger partial charge in [0.2, 0.25) is 0 Å². The third-order valence-corrected chi connectivity index (χ3v) is 6.01. The molecule has 0 unspecified atom stereocenters. The molecule has 0 atom stereocenters. The first kappa shape index (κ1) is 32.3. The molecule has 1 aromatic heterocycles. The molecule has 38 heavy (non-hydrogen) atoms. The SMILES string of the molecule is Cc1cc2nc(I)c(C(F)(F)C(F)(F)C(F)(F)C(F)(F)C(F)(F)C(F)(F)C(F)(F)C(F)(F)F)nc2cc1C. The van der Waals surface area contributed by atoms with Gasteiger partial charge in [0, 0.05) is 0 Å². The predicted molar refractivity (Wildman–Crippen MR) is 101 cm³/mol. The smallest absolute Gasteiger partial charge is 0.242 e. The zero-order valence-corrected chi connectivity index (χ0v) is 20.0. The molecule has 0 fully saturated rings. The van der Waals surface area contributed by atoms with E-state index >= 15 is 0 Å². The molecule has 1 heterocycles. The van der Waals surface area contributed by atoms with Crippen molar-refractivity contribution in [1.29, 1.82) is 0 Å². The first-order chi connectivity index (χ1) is 16.5. The van der Waals surface area contributed by atoms with Gasteiger partial charge in [0.05, 0.1) is 11.0 Å². The lowest BCUT2D eigenvalue weighted by Crippen LogP contribution is -2.74. The van der Waals surface area contributed by atoms with Gasteiger partial charge in [-0.15, -0.1) is 0 Å². The van der Waals surface area contributed by atoms with Crippen LogP contribution < -0.4 is 0 Å². The molecule has 0 saturated carbocycles. The summed E-state index contributed by atoms with van der Waals surface area (Å²) in [5, 5.41) is 0. The van der Waals surface area contributed by atoms with Gasteiger partial charge in [0.1, 0.15) is 9.39 Å². The number of nitrogens with zero attached hydrogens (tertiary/aromatic N) is 2. The first-order valence-electron chi connectivity index (χ1n) is 9.20. The lowest BCUT2D eigenvalue weighted by atomic mass is 9.88. The van der Waals surface area contributed by atoms with E-state index in [4.69, 9.17) is 0 Å². The van der Waals surface area contributed by atoms with Crippen LogP contribution in [0.1, 0.15) is 16.8 Å². The van der Waals surface area contributed by atoms with E-state index in [2.05, 4.69) is 9.97 Å². The van der Waals surface area contributed by atoms with Crippen LogP contribution in [0.5, 0.6) is 0 Å². The molecule has 0 bridgehead atoms. The third-order valence-electron chi connectivity index (χ3n) is 5.26. The molecule has 1 aromatic carbocycles. The van der Waals surface area contributed by atoms with E-state index in [1.54, 1.807) is 0 Å². The van der Waals surface area contributed by atoms with Gasteiger partial charge in [-0.1, -0.05) is 0 Å². The van der Waals surface area contributed by atoms with Crippen LogP contribution in [-0.2, 0) is 5.92 Å². The van der Waals surface area contributed by atoms with E-state index in [0.29, 0.717) is 28.2 Å². The van der Waals surface area contributed by atoms with Crippen LogP contribution in [0, 0.1) is 17.5 Å². The Morgan fingerprint density at radius 3 is 1.18 bits per heavy atom. The van der Waals surface area contributed by atoms with E-state index in [1.807, 2.05) is 0 Å². The number of hydrogen-bond acceptors (Lipinski definition) is 2. The summed E-state index contributed by atoms with van der Waals surface area (Å²) in [5.41, 5.74) is -2.99. The number of halogens is 18. The van der Waals surface area contributed by atoms with Crippen molar-refractivity contribution in [3.05, 3.63) is 32.7 Å². The zero-order chi connectivity index (χ0) is 30.3. The lowest BCUT2D eigenvalue weighted by Gasteiger charge is -2.42. The van der Waals surface area contributed by atoms with Crippen LogP contribution in [0.4, 0.5) is 74.6 Å². The van der Waals surface area contributed by atoms with Crippen molar-refractivity contribution in [2.24, 2.45) is 0 Å². The molecule has 2 aromatic rings. The zero-order valence-electron chi connectivity index (χ0n) is 17.9. The second kappa shape index (κ2) is 8.80. The number of alkyl halides is 17. The molecule has 0 aliphatic rings. The maximum Gasteiger partial charge on any atom is 0.460 e. The fourth-order valence-electron chi connectivity index (χ4n) is 2.80. The van der Waals surface area contributed by atoms with Crippen LogP contribution in [0.15, 0.2) is 12.1 Å². The Kier molecular flexibility index (Phi) is 7.48. The molecule has 2 nitrogen and oxygen atoms in total. The van der Waals surface area contributed by atoms with Crippen LogP contribution >= 0.6 is 22.6 Å². The van der Waals surface area contributed by atoms with Gasteiger partial charge in [-0.05, 0) is 59.7 Å². The standard InChI is InChI=1S/C18H8F17IN2/c1-5-3-7-8(4-6(5)2)38-10(36)9(37-7)11(19,20)12(21,22)13(23,24)14(25,26)15(27,28)16(29,30)17(31,32)18(33,34)35/h3-4H,1-2H3. The number of aromatic nitrogens is 2. The topological polar surface area (TPSA) is 25.8 Å². The van der Waals surface area contributed by atoms with Crippen LogP contribution in [-0.4, -0.2) is 51.7 Å². The highest BCUT2D eigenvalue weighted by atomic mass is 127. The minimum atomic E-state index is -8.68. The summed E-state index contributed by atoms with van der Waals surface area (Å²) < 4.78 is 228. The van der Waals surface area contributed by atoms with Crippen molar-refractivity contribution in [3.63, 3.8) is 0 Å².